The van der Waals surface area contributed by atoms with Gasteiger partial charge >= 0.3 is 6.18 Å². The molecule has 0 bridgehead atoms. The summed E-state index contributed by atoms with van der Waals surface area (Å²) < 4.78 is 35.9. The van der Waals surface area contributed by atoms with Gasteiger partial charge in [-0.1, -0.05) is 6.92 Å². The summed E-state index contributed by atoms with van der Waals surface area (Å²) in [5, 5.41) is 3.08. The molecule has 1 aromatic rings. The first-order valence-electron chi connectivity index (χ1n) is 4.81. The zero-order valence-corrected chi connectivity index (χ0v) is 8.49. The van der Waals surface area contributed by atoms with Crippen molar-refractivity contribution in [3.8, 4) is 0 Å². The summed E-state index contributed by atoms with van der Waals surface area (Å²) in [5.41, 5.74) is 0.683. The highest BCUT2D eigenvalue weighted by Crippen LogP contribution is 2.19. The summed E-state index contributed by atoms with van der Waals surface area (Å²) in [4.78, 5) is 6.30. The lowest BCUT2D eigenvalue weighted by Gasteiger charge is -2.02. The number of hydrogen-bond acceptors (Lipinski definition) is 2. The number of hydrogen-bond donors (Lipinski definition) is 2. The molecule has 0 aliphatic carbocycles. The molecular weight excluding hydrogens is 207 g/mol. The van der Waals surface area contributed by atoms with Crippen molar-refractivity contribution in [3.05, 3.63) is 17.7 Å². The summed E-state index contributed by atoms with van der Waals surface area (Å²) in [5.74, 6) is -0.0317. The molecule has 1 aromatic heterocycles. The molecule has 0 aromatic carbocycles. The van der Waals surface area contributed by atoms with E-state index in [-0.39, 0.29) is 5.82 Å². The molecule has 6 heteroatoms. The molecule has 0 unspecified atom stereocenters. The van der Waals surface area contributed by atoms with E-state index in [0.717, 1.165) is 13.0 Å². The molecular formula is C9H14F3N3. The van der Waals surface area contributed by atoms with Crippen molar-refractivity contribution in [2.24, 2.45) is 0 Å². The standard InChI is InChI=1S/C9H14F3N3/c1-2-3-13-5-7-6-14-8(15-7)4-9(10,11)12/h6,13H,2-5H2,1H3,(H,14,15). The van der Waals surface area contributed by atoms with E-state index in [0.29, 0.717) is 12.2 Å². The van der Waals surface area contributed by atoms with Crippen LogP contribution in [0.25, 0.3) is 0 Å². The molecule has 0 atom stereocenters. The van der Waals surface area contributed by atoms with Gasteiger partial charge in [-0.15, -0.1) is 0 Å². The van der Waals surface area contributed by atoms with Crippen LogP contribution in [0.2, 0.25) is 0 Å². The van der Waals surface area contributed by atoms with E-state index in [1.54, 1.807) is 0 Å². The Morgan fingerprint density at radius 2 is 2.20 bits per heavy atom. The van der Waals surface area contributed by atoms with E-state index in [4.69, 9.17) is 0 Å². The Labute approximate surface area is 86.1 Å². The molecule has 1 rings (SSSR count). The SMILES string of the molecule is CCCNCc1cnc(CC(F)(F)F)[nH]1. The minimum atomic E-state index is -4.20. The van der Waals surface area contributed by atoms with Gasteiger partial charge in [0.25, 0.3) is 0 Å². The molecule has 0 aliphatic heterocycles. The molecule has 0 amide bonds. The second kappa shape index (κ2) is 5.16. The fraction of sp³-hybridized carbons (Fsp3) is 0.667. The first-order chi connectivity index (χ1) is 7.01. The monoisotopic (exact) mass is 221 g/mol. The lowest BCUT2D eigenvalue weighted by molar-refractivity contribution is -0.128. The number of nitrogens with one attached hydrogen (secondary N) is 2. The number of nitrogens with zero attached hydrogens (tertiary/aromatic N) is 1. The number of aromatic nitrogens is 2. The third-order valence-corrected chi connectivity index (χ3v) is 1.79. The van der Waals surface area contributed by atoms with Gasteiger partial charge in [0, 0.05) is 18.4 Å². The van der Waals surface area contributed by atoms with Crippen molar-refractivity contribution in [1.82, 2.24) is 15.3 Å². The normalized spacial score (nSPS) is 12.0. The Balaban J connectivity index is 2.42. The van der Waals surface area contributed by atoms with Gasteiger partial charge in [0.2, 0.25) is 0 Å². The predicted octanol–water partition coefficient (Wildman–Crippen LogP) is 2.01. The number of rotatable bonds is 5. The number of halogens is 3. The van der Waals surface area contributed by atoms with E-state index >= 15 is 0 Å². The maximum absolute atomic E-state index is 12.0. The maximum Gasteiger partial charge on any atom is 0.396 e. The minimum absolute atomic E-state index is 0.0317. The number of imidazole rings is 1. The van der Waals surface area contributed by atoms with Crippen LogP contribution in [0.5, 0.6) is 0 Å². The fourth-order valence-corrected chi connectivity index (χ4v) is 1.18. The quantitative estimate of drug-likeness (QED) is 0.747. The van der Waals surface area contributed by atoms with Crippen LogP contribution in [0.3, 0.4) is 0 Å². The predicted molar refractivity (Wildman–Crippen MR) is 50.3 cm³/mol. The summed E-state index contributed by atoms with van der Waals surface area (Å²) in [7, 11) is 0. The highest BCUT2D eigenvalue weighted by atomic mass is 19.4. The Morgan fingerprint density at radius 3 is 2.80 bits per heavy atom. The van der Waals surface area contributed by atoms with Crippen molar-refractivity contribution >= 4 is 0 Å². The third kappa shape index (κ3) is 4.83. The van der Waals surface area contributed by atoms with E-state index in [9.17, 15) is 13.2 Å². The molecule has 0 radical (unpaired) electrons. The molecule has 3 nitrogen and oxygen atoms in total. The van der Waals surface area contributed by atoms with Crippen LogP contribution in [-0.2, 0) is 13.0 Å². The van der Waals surface area contributed by atoms with Crippen LogP contribution in [0, 0.1) is 0 Å². The zero-order valence-electron chi connectivity index (χ0n) is 8.49. The van der Waals surface area contributed by atoms with Crippen LogP contribution in [-0.4, -0.2) is 22.7 Å². The molecule has 0 spiro atoms. The first kappa shape index (κ1) is 12.0. The maximum atomic E-state index is 12.0. The van der Waals surface area contributed by atoms with E-state index in [2.05, 4.69) is 15.3 Å². The van der Waals surface area contributed by atoms with E-state index in [1.807, 2.05) is 6.92 Å². The highest BCUT2D eigenvalue weighted by Gasteiger charge is 2.29. The lowest BCUT2D eigenvalue weighted by atomic mass is 10.4. The Morgan fingerprint density at radius 1 is 1.47 bits per heavy atom. The Hall–Kier alpha value is -1.04. The molecule has 0 aliphatic rings. The van der Waals surface area contributed by atoms with Crippen LogP contribution in [0.4, 0.5) is 13.2 Å². The van der Waals surface area contributed by atoms with Crippen molar-refractivity contribution in [1.29, 1.82) is 0 Å². The molecule has 15 heavy (non-hydrogen) atoms. The van der Waals surface area contributed by atoms with E-state index in [1.165, 1.54) is 6.20 Å². The minimum Gasteiger partial charge on any atom is -0.345 e. The van der Waals surface area contributed by atoms with Gasteiger partial charge in [-0.05, 0) is 13.0 Å². The first-order valence-corrected chi connectivity index (χ1v) is 4.81. The van der Waals surface area contributed by atoms with Gasteiger partial charge in [-0.3, -0.25) is 0 Å². The van der Waals surface area contributed by atoms with Crippen molar-refractivity contribution in [3.63, 3.8) is 0 Å². The number of alkyl halides is 3. The average molecular weight is 221 g/mol. The van der Waals surface area contributed by atoms with Gasteiger partial charge in [-0.2, -0.15) is 13.2 Å². The molecule has 0 fully saturated rings. The Kier molecular flexibility index (Phi) is 4.14. The van der Waals surface area contributed by atoms with Crippen LogP contribution in [0.15, 0.2) is 6.20 Å². The van der Waals surface area contributed by atoms with Crippen LogP contribution >= 0.6 is 0 Å². The van der Waals surface area contributed by atoms with Crippen molar-refractivity contribution < 1.29 is 13.2 Å². The van der Waals surface area contributed by atoms with Crippen LogP contribution < -0.4 is 5.32 Å². The van der Waals surface area contributed by atoms with E-state index < -0.39 is 12.6 Å². The fourth-order valence-electron chi connectivity index (χ4n) is 1.18. The summed E-state index contributed by atoms with van der Waals surface area (Å²) in [6, 6.07) is 0. The van der Waals surface area contributed by atoms with Crippen molar-refractivity contribution in [2.45, 2.75) is 32.5 Å². The zero-order chi connectivity index (χ0) is 11.3. The second-order valence-electron chi connectivity index (χ2n) is 3.32. The topological polar surface area (TPSA) is 40.7 Å². The number of H-pyrrole nitrogens is 1. The molecule has 1 heterocycles. The van der Waals surface area contributed by atoms with Crippen molar-refractivity contribution in [2.75, 3.05) is 6.54 Å². The summed E-state index contributed by atoms with van der Waals surface area (Å²) >= 11 is 0. The molecule has 86 valence electrons. The summed E-state index contributed by atoms with van der Waals surface area (Å²) in [6.45, 7) is 3.39. The van der Waals surface area contributed by atoms with Gasteiger partial charge < -0.3 is 10.3 Å². The smallest absolute Gasteiger partial charge is 0.345 e. The van der Waals surface area contributed by atoms with Gasteiger partial charge in [-0.25, -0.2) is 4.98 Å². The average Bonchev–Trinajstić information content (AvgIpc) is 2.50. The third-order valence-electron chi connectivity index (χ3n) is 1.79. The number of aromatic amines is 1. The van der Waals surface area contributed by atoms with Gasteiger partial charge in [0.1, 0.15) is 12.2 Å². The van der Waals surface area contributed by atoms with Gasteiger partial charge in [0.15, 0.2) is 0 Å². The second-order valence-corrected chi connectivity index (χ2v) is 3.32. The highest BCUT2D eigenvalue weighted by molar-refractivity contribution is 5.01. The largest absolute Gasteiger partial charge is 0.396 e. The molecule has 2 N–H and O–H groups in total. The molecule has 0 saturated heterocycles. The van der Waals surface area contributed by atoms with Crippen LogP contribution in [0.1, 0.15) is 24.9 Å². The summed E-state index contributed by atoms with van der Waals surface area (Å²) in [6.07, 6.45) is -2.78. The van der Waals surface area contributed by atoms with Gasteiger partial charge in [0.05, 0.1) is 0 Å². The molecule has 0 saturated carbocycles. The Bertz CT molecular complexity index is 293. The lowest BCUT2D eigenvalue weighted by Crippen LogP contribution is -2.15.